The number of amidine groups is 1. The lowest BCUT2D eigenvalue weighted by Crippen LogP contribution is -2.48. The topological polar surface area (TPSA) is 36.4 Å². The minimum absolute atomic E-state index is 0.0979. The summed E-state index contributed by atoms with van der Waals surface area (Å²) in [6, 6.07) is 14.3. The van der Waals surface area contributed by atoms with Crippen molar-refractivity contribution in [3.63, 3.8) is 0 Å². The Morgan fingerprint density at radius 3 is 2.72 bits per heavy atom. The first kappa shape index (κ1) is 17.1. The molecule has 0 aromatic heterocycles. The van der Waals surface area contributed by atoms with Crippen molar-refractivity contribution in [1.29, 1.82) is 0 Å². The van der Waals surface area contributed by atoms with E-state index in [2.05, 4.69) is 50.8 Å². The van der Waals surface area contributed by atoms with Gasteiger partial charge in [-0.2, -0.15) is 0 Å². The maximum atomic E-state index is 6.12. The first-order valence-corrected chi connectivity index (χ1v) is 9.88. The number of hydrogen-bond acceptors (Lipinski definition) is 2. The second-order valence-electron chi connectivity index (χ2n) is 6.89. The number of piperidine rings is 1. The van der Waals surface area contributed by atoms with Crippen molar-refractivity contribution in [3.05, 3.63) is 63.1 Å². The molecule has 130 valence electrons. The van der Waals surface area contributed by atoms with E-state index in [4.69, 9.17) is 16.6 Å². The Balaban J connectivity index is 1.69. The molecular weight excluding hydrogens is 398 g/mol. The van der Waals surface area contributed by atoms with Gasteiger partial charge >= 0.3 is 0 Å². The zero-order chi connectivity index (χ0) is 17.3. The summed E-state index contributed by atoms with van der Waals surface area (Å²) in [5.41, 5.74) is 3.78. The van der Waals surface area contributed by atoms with Crippen LogP contribution in [0.4, 0.5) is 5.69 Å². The van der Waals surface area contributed by atoms with Crippen molar-refractivity contribution >= 4 is 39.1 Å². The van der Waals surface area contributed by atoms with Crippen LogP contribution in [0.5, 0.6) is 0 Å². The summed E-state index contributed by atoms with van der Waals surface area (Å²) in [5, 5.41) is 7.89. The van der Waals surface area contributed by atoms with Gasteiger partial charge in [-0.25, -0.2) is 0 Å². The van der Waals surface area contributed by atoms with Crippen LogP contribution in [0.15, 0.2) is 51.9 Å². The molecule has 1 spiro atoms. The van der Waals surface area contributed by atoms with Gasteiger partial charge in [-0.1, -0.05) is 45.7 Å². The van der Waals surface area contributed by atoms with Crippen LogP contribution in [0.2, 0.25) is 5.02 Å². The second kappa shape index (κ2) is 7.10. The lowest BCUT2D eigenvalue weighted by Gasteiger charge is -2.43. The number of benzene rings is 2. The van der Waals surface area contributed by atoms with Gasteiger partial charge in [0, 0.05) is 20.6 Å². The van der Waals surface area contributed by atoms with Gasteiger partial charge < -0.3 is 10.6 Å². The zero-order valence-electron chi connectivity index (χ0n) is 14.0. The Hall–Kier alpha value is -1.36. The van der Waals surface area contributed by atoms with E-state index in [0.29, 0.717) is 6.54 Å². The van der Waals surface area contributed by atoms with Crippen molar-refractivity contribution in [2.45, 2.75) is 25.8 Å². The van der Waals surface area contributed by atoms with Crippen LogP contribution in [0.3, 0.4) is 0 Å². The van der Waals surface area contributed by atoms with Crippen LogP contribution in [-0.2, 0) is 13.0 Å². The largest absolute Gasteiger partial charge is 0.343 e. The number of aliphatic imine (C=N–C) groups is 1. The summed E-state index contributed by atoms with van der Waals surface area (Å²) in [7, 11) is 0. The van der Waals surface area contributed by atoms with E-state index in [1.54, 1.807) is 0 Å². The molecule has 5 heteroatoms. The van der Waals surface area contributed by atoms with E-state index in [1.807, 2.05) is 18.2 Å². The predicted molar refractivity (Wildman–Crippen MR) is 109 cm³/mol. The van der Waals surface area contributed by atoms with Crippen molar-refractivity contribution in [2.24, 2.45) is 10.4 Å². The van der Waals surface area contributed by atoms with Gasteiger partial charge in [-0.3, -0.25) is 4.99 Å². The zero-order valence-corrected chi connectivity index (χ0v) is 16.3. The number of halogens is 2. The van der Waals surface area contributed by atoms with Crippen molar-refractivity contribution in [2.75, 3.05) is 18.4 Å². The fourth-order valence-corrected chi connectivity index (χ4v) is 4.59. The van der Waals surface area contributed by atoms with Gasteiger partial charge in [-0.15, -0.1) is 0 Å². The minimum Gasteiger partial charge on any atom is -0.343 e. The summed E-state index contributed by atoms with van der Waals surface area (Å²) < 4.78 is 1.18. The molecule has 4 rings (SSSR count). The standard InChI is InChI=1S/C20H21BrClN3/c21-17-5-2-6-18-16(17)12-20(7-9-23-10-8-20)19(25-18)24-13-14-3-1-4-15(22)11-14/h1-6,11,23H,7-10,12-13H2,(H,24,25). The molecule has 2 aliphatic rings. The molecule has 2 heterocycles. The molecule has 0 radical (unpaired) electrons. The summed E-state index contributed by atoms with van der Waals surface area (Å²) in [5.74, 6) is 1.12. The Kier molecular flexibility index (Phi) is 4.85. The molecular formula is C20H21BrClN3. The Morgan fingerprint density at radius 2 is 1.92 bits per heavy atom. The number of nitrogens with zero attached hydrogens (tertiary/aromatic N) is 1. The van der Waals surface area contributed by atoms with Crippen LogP contribution in [0, 0.1) is 5.41 Å². The average Bonchev–Trinajstić information content (AvgIpc) is 2.62. The van der Waals surface area contributed by atoms with Gasteiger partial charge in [0.15, 0.2) is 0 Å². The summed E-state index contributed by atoms with van der Waals surface area (Å²) in [6.45, 7) is 2.73. The molecule has 3 nitrogen and oxygen atoms in total. The van der Waals surface area contributed by atoms with E-state index in [0.717, 1.165) is 48.8 Å². The van der Waals surface area contributed by atoms with Gasteiger partial charge in [0.25, 0.3) is 0 Å². The second-order valence-corrected chi connectivity index (χ2v) is 8.18. The molecule has 0 unspecified atom stereocenters. The van der Waals surface area contributed by atoms with Gasteiger partial charge in [0.1, 0.15) is 5.84 Å². The predicted octanol–water partition coefficient (Wildman–Crippen LogP) is 5.04. The van der Waals surface area contributed by atoms with Crippen LogP contribution in [-0.4, -0.2) is 18.9 Å². The molecule has 2 aromatic carbocycles. The normalized spacial score (nSPS) is 20.3. The Bertz CT molecular complexity index is 812. The lowest BCUT2D eigenvalue weighted by molar-refractivity contribution is 0.292. The molecule has 2 aromatic rings. The lowest BCUT2D eigenvalue weighted by atomic mass is 9.71. The highest BCUT2D eigenvalue weighted by Crippen LogP contribution is 2.43. The summed E-state index contributed by atoms with van der Waals surface area (Å²) >= 11 is 9.84. The maximum Gasteiger partial charge on any atom is 0.108 e. The summed E-state index contributed by atoms with van der Waals surface area (Å²) in [6.07, 6.45) is 3.25. The van der Waals surface area contributed by atoms with E-state index in [1.165, 1.54) is 15.7 Å². The first-order valence-electron chi connectivity index (χ1n) is 8.71. The molecule has 2 aliphatic heterocycles. The SMILES string of the molecule is Clc1cccc(CN=C2Nc3cccc(Br)c3CC23CCNCC3)c1. The molecule has 0 aliphatic carbocycles. The highest BCUT2D eigenvalue weighted by Gasteiger charge is 2.41. The molecule has 0 amide bonds. The van der Waals surface area contributed by atoms with E-state index in [9.17, 15) is 0 Å². The van der Waals surface area contributed by atoms with Crippen molar-refractivity contribution in [3.8, 4) is 0 Å². The number of nitrogens with one attached hydrogen (secondary N) is 2. The molecule has 0 bridgehead atoms. The fourth-order valence-electron chi connectivity index (χ4n) is 3.87. The minimum atomic E-state index is 0.0979. The van der Waals surface area contributed by atoms with Crippen LogP contribution in [0.1, 0.15) is 24.0 Å². The summed E-state index contributed by atoms with van der Waals surface area (Å²) in [4.78, 5) is 5.00. The molecule has 0 saturated carbocycles. The number of hydrogen-bond donors (Lipinski definition) is 2. The highest BCUT2D eigenvalue weighted by atomic mass is 79.9. The Morgan fingerprint density at radius 1 is 1.12 bits per heavy atom. The quantitative estimate of drug-likeness (QED) is 0.717. The third kappa shape index (κ3) is 3.48. The number of rotatable bonds is 2. The molecule has 0 atom stereocenters. The van der Waals surface area contributed by atoms with E-state index in [-0.39, 0.29) is 5.41 Å². The molecule has 1 fully saturated rings. The highest BCUT2D eigenvalue weighted by molar-refractivity contribution is 9.10. The molecule has 2 N–H and O–H groups in total. The molecule has 1 saturated heterocycles. The van der Waals surface area contributed by atoms with E-state index >= 15 is 0 Å². The third-order valence-electron chi connectivity index (χ3n) is 5.26. The van der Waals surface area contributed by atoms with E-state index < -0.39 is 0 Å². The molecule has 25 heavy (non-hydrogen) atoms. The van der Waals surface area contributed by atoms with Gasteiger partial charge in [-0.05, 0) is 67.7 Å². The van der Waals surface area contributed by atoms with Gasteiger partial charge in [0.2, 0.25) is 0 Å². The third-order valence-corrected chi connectivity index (χ3v) is 6.24. The number of anilines is 1. The number of fused-ring (bicyclic) bond motifs is 1. The van der Waals surface area contributed by atoms with Crippen molar-refractivity contribution < 1.29 is 0 Å². The van der Waals surface area contributed by atoms with Crippen LogP contribution < -0.4 is 10.6 Å². The Labute approximate surface area is 162 Å². The smallest absolute Gasteiger partial charge is 0.108 e. The fraction of sp³-hybridized carbons (Fsp3) is 0.350. The van der Waals surface area contributed by atoms with Crippen LogP contribution in [0.25, 0.3) is 0 Å². The average molecular weight is 419 g/mol. The van der Waals surface area contributed by atoms with Gasteiger partial charge in [0.05, 0.1) is 6.54 Å². The first-order chi connectivity index (χ1) is 12.2. The van der Waals surface area contributed by atoms with Crippen LogP contribution >= 0.6 is 27.5 Å². The van der Waals surface area contributed by atoms with Crippen molar-refractivity contribution in [1.82, 2.24) is 5.32 Å². The monoisotopic (exact) mass is 417 g/mol. The maximum absolute atomic E-state index is 6.12.